The maximum Gasteiger partial charge on any atom is 0.416 e. The van der Waals surface area contributed by atoms with Crippen molar-refractivity contribution in [2.45, 2.75) is 25.1 Å². The van der Waals surface area contributed by atoms with E-state index in [0.29, 0.717) is 49.6 Å². The Hall–Kier alpha value is -4.15. The van der Waals surface area contributed by atoms with E-state index in [2.05, 4.69) is 20.4 Å². The van der Waals surface area contributed by atoms with Crippen molar-refractivity contribution in [3.63, 3.8) is 0 Å². The van der Waals surface area contributed by atoms with Crippen LogP contribution in [-0.2, 0) is 22.2 Å². The number of amides is 2. The molecule has 3 aromatic rings. The summed E-state index contributed by atoms with van der Waals surface area (Å²) >= 11 is 0. The molecule has 1 unspecified atom stereocenters. The molecule has 38 heavy (non-hydrogen) atoms. The Morgan fingerprint density at radius 1 is 1.03 bits per heavy atom. The van der Waals surface area contributed by atoms with Crippen LogP contribution in [0.4, 0.5) is 24.5 Å². The zero-order valence-corrected chi connectivity index (χ0v) is 20.4. The lowest BCUT2D eigenvalue weighted by atomic mass is 9.98. The van der Waals surface area contributed by atoms with Gasteiger partial charge in [-0.3, -0.25) is 9.59 Å². The number of ether oxygens (including phenoxy) is 1. The highest BCUT2D eigenvalue weighted by Gasteiger charge is 2.33. The molecule has 11 heteroatoms. The summed E-state index contributed by atoms with van der Waals surface area (Å²) in [6, 6.07) is 13.8. The normalized spacial score (nSPS) is 17.7. The minimum Gasteiger partial charge on any atom is -0.489 e. The summed E-state index contributed by atoms with van der Waals surface area (Å²) in [7, 11) is 0. The van der Waals surface area contributed by atoms with Gasteiger partial charge in [0.2, 0.25) is 11.8 Å². The maximum absolute atomic E-state index is 12.9. The van der Waals surface area contributed by atoms with Gasteiger partial charge in [-0.15, -0.1) is 0 Å². The SMILES string of the molecule is O=C(Nc1ccc(OC2CCN(C(=O)Cc3cccc(C(F)(F)F)c3)C2)cc1)C1CN(c2ccnnc2)C1. The summed E-state index contributed by atoms with van der Waals surface area (Å²) < 4.78 is 44.8. The number of rotatable bonds is 7. The summed E-state index contributed by atoms with van der Waals surface area (Å²) in [5.41, 5.74) is 1.17. The zero-order valence-electron chi connectivity index (χ0n) is 20.4. The highest BCUT2D eigenvalue weighted by molar-refractivity contribution is 5.94. The van der Waals surface area contributed by atoms with E-state index in [1.165, 1.54) is 12.1 Å². The van der Waals surface area contributed by atoms with Crippen molar-refractivity contribution in [3.05, 3.63) is 78.1 Å². The van der Waals surface area contributed by atoms with Crippen LogP contribution >= 0.6 is 0 Å². The fourth-order valence-corrected chi connectivity index (χ4v) is 4.57. The van der Waals surface area contributed by atoms with Crippen LogP contribution in [0.3, 0.4) is 0 Å². The van der Waals surface area contributed by atoms with Crippen molar-refractivity contribution in [1.82, 2.24) is 15.1 Å². The van der Waals surface area contributed by atoms with Crippen molar-refractivity contribution in [1.29, 1.82) is 0 Å². The van der Waals surface area contributed by atoms with Gasteiger partial charge in [0.15, 0.2) is 0 Å². The Bertz CT molecular complexity index is 1280. The minimum absolute atomic E-state index is 0.0531. The largest absolute Gasteiger partial charge is 0.489 e. The van der Waals surface area contributed by atoms with E-state index in [4.69, 9.17) is 4.74 Å². The van der Waals surface area contributed by atoms with Crippen molar-refractivity contribution in [2.75, 3.05) is 36.4 Å². The fourth-order valence-electron chi connectivity index (χ4n) is 4.57. The second-order valence-corrected chi connectivity index (χ2v) is 9.46. The lowest BCUT2D eigenvalue weighted by Crippen LogP contribution is -2.52. The molecule has 2 aromatic carbocycles. The van der Waals surface area contributed by atoms with Gasteiger partial charge < -0.3 is 19.9 Å². The topological polar surface area (TPSA) is 87.7 Å². The first-order chi connectivity index (χ1) is 18.2. The summed E-state index contributed by atoms with van der Waals surface area (Å²) in [6.07, 6.45) is -0.844. The molecule has 2 fully saturated rings. The van der Waals surface area contributed by atoms with Gasteiger partial charge in [0, 0.05) is 31.7 Å². The molecule has 2 saturated heterocycles. The molecule has 2 aliphatic rings. The molecule has 0 saturated carbocycles. The van der Waals surface area contributed by atoms with E-state index in [1.54, 1.807) is 41.6 Å². The number of hydrogen-bond acceptors (Lipinski definition) is 6. The van der Waals surface area contributed by atoms with Crippen molar-refractivity contribution in [3.8, 4) is 5.75 Å². The average molecular weight is 526 g/mol. The van der Waals surface area contributed by atoms with Gasteiger partial charge >= 0.3 is 6.18 Å². The van der Waals surface area contributed by atoms with Gasteiger partial charge in [0.1, 0.15) is 11.9 Å². The van der Waals surface area contributed by atoms with Crippen LogP contribution in [0.5, 0.6) is 5.75 Å². The van der Waals surface area contributed by atoms with Crippen LogP contribution in [0.1, 0.15) is 17.5 Å². The molecule has 198 valence electrons. The molecule has 0 spiro atoms. The van der Waals surface area contributed by atoms with E-state index >= 15 is 0 Å². The number of nitrogens with one attached hydrogen (secondary N) is 1. The molecule has 0 radical (unpaired) electrons. The zero-order chi connectivity index (χ0) is 26.7. The number of likely N-dealkylation sites (tertiary alicyclic amines) is 1. The predicted octanol–water partition coefficient (Wildman–Crippen LogP) is 3.79. The molecular weight excluding hydrogens is 499 g/mol. The first kappa shape index (κ1) is 25.5. The van der Waals surface area contributed by atoms with Gasteiger partial charge in [-0.2, -0.15) is 23.4 Å². The smallest absolute Gasteiger partial charge is 0.416 e. The second-order valence-electron chi connectivity index (χ2n) is 9.46. The third-order valence-electron chi connectivity index (χ3n) is 6.72. The minimum atomic E-state index is -4.44. The lowest BCUT2D eigenvalue weighted by molar-refractivity contribution is -0.138. The number of halogens is 3. The molecule has 0 aliphatic carbocycles. The van der Waals surface area contributed by atoms with Gasteiger partial charge in [0.25, 0.3) is 0 Å². The highest BCUT2D eigenvalue weighted by Crippen LogP contribution is 2.30. The quantitative estimate of drug-likeness (QED) is 0.505. The van der Waals surface area contributed by atoms with E-state index in [9.17, 15) is 22.8 Å². The van der Waals surface area contributed by atoms with Crippen molar-refractivity contribution < 1.29 is 27.5 Å². The van der Waals surface area contributed by atoms with Gasteiger partial charge in [-0.25, -0.2) is 0 Å². The van der Waals surface area contributed by atoms with Crippen LogP contribution in [0.15, 0.2) is 67.0 Å². The van der Waals surface area contributed by atoms with E-state index in [-0.39, 0.29) is 30.3 Å². The van der Waals surface area contributed by atoms with Crippen molar-refractivity contribution >= 4 is 23.2 Å². The number of carbonyl (C=O) groups excluding carboxylic acids is 2. The molecule has 2 aliphatic heterocycles. The number of carbonyl (C=O) groups is 2. The Morgan fingerprint density at radius 2 is 1.82 bits per heavy atom. The van der Waals surface area contributed by atoms with Crippen LogP contribution in [0.2, 0.25) is 0 Å². The van der Waals surface area contributed by atoms with Gasteiger partial charge in [0.05, 0.1) is 42.5 Å². The first-order valence-electron chi connectivity index (χ1n) is 12.3. The molecule has 5 rings (SSSR count). The Labute approximate surface area is 217 Å². The van der Waals surface area contributed by atoms with Crippen LogP contribution in [0, 0.1) is 5.92 Å². The second kappa shape index (κ2) is 10.7. The first-order valence-corrected chi connectivity index (χ1v) is 12.3. The Kier molecular flexibility index (Phi) is 7.17. The summed E-state index contributed by atoms with van der Waals surface area (Å²) in [6.45, 7) is 2.07. The molecule has 3 heterocycles. The third kappa shape index (κ3) is 6.04. The van der Waals surface area contributed by atoms with Gasteiger partial charge in [-0.1, -0.05) is 18.2 Å². The maximum atomic E-state index is 12.9. The molecular formula is C27H26F3N5O3. The van der Waals surface area contributed by atoms with Gasteiger partial charge in [-0.05, 0) is 42.0 Å². The summed E-state index contributed by atoms with van der Waals surface area (Å²) in [5.74, 6) is 0.211. The molecule has 1 atom stereocenters. The van der Waals surface area contributed by atoms with Crippen molar-refractivity contribution in [2.24, 2.45) is 5.92 Å². The van der Waals surface area contributed by atoms with Crippen LogP contribution < -0.4 is 15.0 Å². The molecule has 0 bridgehead atoms. The van der Waals surface area contributed by atoms with E-state index in [1.807, 2.05) is 6.07 Å². The molecule has 1 aromatic heterocycles. The summed E-state index contributed by atoms with van der Waals surface area (Å²) in [4.78, 5) is 28.9. The third-order valence-corrected chi connectivity index (χ3v) is 6.72. The number of benzene rings is 2. The number of anilines is 2. The summed E-state index contributed by atoms with van der Waals surface area (Å²) in [5, 5.41) is 10.5. The predicted molar refractivity (Wildman–Crippen MR) is 134 cm³/mol. The lowest BCUT2D eigenvalue weighted by Gasteiger charge is -2.39. The van der Waals surface area contributed by atoms with Crippen LogP contribution in [0.25, 0.3) is 0 Å². The number of aromatic nitrogens is 2. The van der Waals surface area contributed by atoms with E-state index < -0.39 is 11.7 Å². The molecule has 1 N–H and O–H groups in total. The Balaban J connectivity index is 1.07. The number of nitrogens with zero attached hydrogens (tertiary/aromatic N) is 4. The molecule has 2 amide bonds. The highest BCUT2D eigenvalue weighted by atomic mass is 19.4. The van der Waals surface area contributed by atoms with E-state index in [0.717, 1.165) is 17.8 Å². The molecule has 8 nitrogen and oxygen atoms in total. The van der Waals surface area contributed by atoms with Crippen LogP contribution in [-0.4, -0.2) is 59.2 Å². The number of hydrogen-bond donors (Lipinski definition) is 1. The average Bonchev–Trinajstić information content (AvgIpc) is 3.33. The monoisotopic (exact) mass is 525 g/mol. The standard InChI is InChI=1S/C27H26F3N5O3/c28-27(29,30)20-3-1-2-18(12-20)13-25(36)34-11-9-24(17-34)38-23-6-4-21(5-7-23)33-26(37)19-15-35(16-19)22-8-10-31-32-14-22/h1-8,10,12,14,19,24H,9,11,13,15-17H2,(H,33,37). The fraction of sp³-hybridized carbons (Fsp3) is 0.333. The number of alkyl halides is 3. The Morgan fingerprint density at radius 3 is 2.53 bits per heavy atom.